The molecular formula is C16H28F3NO2. The summed E-state index contributed by atoms with van der Waals surface area (Å²) in [6, 6.07) is 0. The smallest absolute Gasteiger partial charge is 0.425 e. The van der Waals surface area contributed by atoms with E-state index in [1.54, 1.807) is 6.08 Å². The highest BCUT2D eigenvalue weighted by molar-refractivity contribution is 5.87. The number of nitrogens with two attached hydrogens (primary N) is 1. The summed E-state index contributed by atoms with van der Waals surface area (Å²) in [4.78, 5) is 11.7. The van der Waals surface area contributed by atoms with Crippen LogP contribution in [-0.2, 0) is 9.53 Å². The summed E-state index contributed by atoms with van der Waals surface area (Å²) in [6.45, 7) is 3.98. The topological polar surface area (TPSA) is 52.3 Å². The molecule has 2 N–H and O–H groups in total. The number of unbranched alkanes of at least 4 members (excludes halogenated alkanes) is 5. The second-order valence-electron chi connectivity index (χ2n) is 5.46. The van der Waals surface area contributed by atoms with Crippen molar-refractivity contribution >= 4 is 5.97 Å². The second kappa shape index (κ2) is 11.5. The third-order valence-corrected chi connectivity index (χ3v) is 3.36. The zero-order valence-corrected chi connectivity index (χ0v) is 13.5. The molecule has 0 aromatic heterocycles. The van der Waals surface area contributed by atoms with Crippen molar-refractivity contribution in [3.63, 3.8) is 0 Å². The van der Waals surface area contributed by atoms with Crippen LogP contribution in [0.25, 0.3) is 0 Å². The Hall–Kier alpha value is -1.04. The predicted molar refractivity (Wildman–Crippen MR) is 81.4 cm³/mol. The van der Waals surface area contributed by atoms with Gasteiger partial charge in [-0.15, -0.1) is 0 Å². The summed E-state index contributed by atoms with van der Waals surface area (Å²) in [5.74, 6) is -0.895. The fourth-order valence-corrected chi connectivity index (χ4v) is 1.96. The minimum absolute atomic E-state index is 0.172. The third kappa shape index (κ3) is 9.82. The standard InChI is InChI=1S/C16H28F3NO2/c1-3-4-5-6-7-11-14(16(17,18)19)22-15(21)13(2)10-8-9-12-20/h10,14H,3-9,11-12,20H2,1-2H3. The molecule has 130 valence electrons. The molecule has 0 saturated heterocycles. The molecule has 0 rings (SSSR count). The quantitative estimate of drug-likeness (QED) is 0.346. The second-order valence-corrected chi connectivity index (χ2v) is 5.46. The lowest BCUT2D eigenvalue weighted by Gasteiger charge is -2.21. The molecule has 0 saturated carbocycles. The van der Waals surface area contributed by atoms with Crippen LogP contribution < -0.4 is 5.73 Å². The van der Waals surface area contributed by atoms with E-state index in [2.05, 4.69) is 4.74 Å². The molecule has 0 aromatic carbocycles. The van der Waals surface area contributed by atoms with Crippen molar-refractivity contribution in [2.45, 2.75) is 77.5 Å². The van der Waals surface area contributed by atoms with Crippen molar-refractivity contribution in [2.75, 3.05) is 6.54 Å². The van der Waals surface area contributed by atoms with Gasteiger partial charge < -0.3 is 10.5 Å². The number of carbonyl (C=O) groups is 1. The van der Waals surface area contributed by atoms with Gasteiger partial charge in [-0.05, 0) is 39.2 Å². The Morgan fingerprint density at radius 3 is 2.36 bits per heavy atom. The first-order chi connectivity index (χ1) is 10.3. The molecule has 0 aromatic rings. The number of allylic oxidation sites excluding steroid dienone is 1. The van der Waals surface area contributed by atoms with Gasteiger partial charge in [-0.3, -0.25) is 0 Å². The van der Waals surface area contributed by atoms with E-state index in [1.165, 1.54) is 6.92 Å². The molecule has 3 nitrogen and oxygen atoms in total. The molecule has 0 spiro atoms. The van der Waals surface area contributed by atoms with Crippen molar-refractivity contribution in [3.05, 3.63) is 11.6 Å². The first-order valence-corrected chi connectivity index (χ1v) is 7.97. The Morgan fingerprint density at radius 1 is 1.18 bits per heavy atom. The number of halogens is 3. The number of esters is 1. The van der Waals surface area contributed by atoms with Gasteiger partial charge in [0.1, 0.15) is 0 Å². The Morgan fingerprint density at radius 2 is 1.82 bits per heavy atom. The van der Waals surface area contributed by atoms with Crippen LogP contribution in [0.1, 0.15) is 65.2 Å². The lowest BCUT2D eigenvalue weighted by Crippen LogP contribution is -2.34. The third-order valence-electron chi connectivity index (χ3n) is 3.36. The maximum atomic E-state index is 12.9. The zero-order valence-electron chi connectivity index (χ0n) is 13.5. The first-order valence-electron chi connectivity index (χ1n) is 7.97. The van der Waals surface area contributed by atoms with Crippen LogP contribution in [0.2, 0.25) is 0 Å². The van der Waals surface area contributed by atoms with Crippen LogP contribution in [-0.4, -0.2) is 24.8 Å². The Bertz CT molecular complexity index is 341. The lowest BCUT2D eigenvalue weighted by molar-refractivity contribution is -0.220. The molecule has 0 aliphatic carbocycles. The summed E-state index contributed by atoms with van der Waals surface area (Å²) in [5.41, 5.74) is 5.53. The number of hydrogen-bond acceptors (Lipinski definition) is 3. The van der Waals surface area contributed by atoms with Crippen molar-refractivity contribution in [1.82, 2.24) is 0 Å². The number of rotatable bonds is 11. The average molecular weight is 323 g/mol. The van der Waals surface area contributed by atoms with E-state index in [0.717, 1.165) is 25.7 Å². The molecule has 0 amide bonds. The maximum absolute atomic E-state index is 12.9. The van der Waals surface area contributed by atoms with E-state index in [4.69, 9.17) is 5.73 Å². The highest BCUT2D eigenvalue weighted by Crippen LogP contribution is 2.28. The Labute approximate surface area is 131 Å². The van der Waals surface area contributed by atoms with Crippen LogP contribution >= 0.6 is 0 Å². The minimum atomic E-state index is -4.52. The van der Waals surface area contributed by atoms with Gasteiger partial charge in [-0.2, -0.15) is 13.2 Å². The van der Waals surface area contributed by atoms with Gasteiger partial charge in [0.15, 0.2) is 6.10 Å². The molecule has 0 bridgehead atoms. The Kier molecular flexibility index (Phi) is 11.0. The summed E-state index contributed by atoms with van der Waals surface area (Å²) in [7, 11) is 0. The SMILES string of the molecule is CCCCCCCC(OC(=O)C(C)=CCCCN)C(F)(F)F. The van der Waals surface area contributed by atoms with Crippen molar-refractivity contribution < 1.29 is 22.7 Å². The highest BCUT2D eigenvalue weighted by Gasteiger charge is 2.42. The minimum Gasteiger partial charge on any atom is -0.449 e. The van der Waals surface area contributed by atoms with E-state index in [-0.39, 0.29) is 12.0 Å². The van der Waals surface area contributed by atoms with Gasteiger partial charge in [0, 0.05) is 5.57 Å². The highest BCUT2D eigenvalue weighted by atomic mass is 19.4. The summed E-state index contributed by atoms with van der Waals surface area (Å²) in [6.07, 6.45) is 0.208. The average Bonchev–Trinajstić information content (AvgIpc) is 2.44. The largest absolute Gasteiger partial charge is 0.449 e. The van der Waals surface area contributed by atoms with Crippen molar-refractivity contribution in [1.29, 1.82) is 0 Å². The maximum Gasteiger partial charge on any atom is 0.425 e. The number of ether oxygens (including phenoxy) is 1. The molecular weight excluding hydrogens is 295 g/mol. The van der Waals surface area contributed by atoms with Gasteiger partial charge >= 0.3 is 12.1 Å². The molecule has 1 unspecified atom stereocenters. The van der Waals surface area contributed by atoms with Crippen molar-refractivity contribution in [3.8, 4) is 0 Å². The van der Waals surface area contributed by atoms with E-state index < -0.39 is 18.2 Å². The van der Waals surface area contributed by atoms with Gasteiger partial charge in [0.25, 0.3) is 0 Å². The molecule has 6 heteroatoms. The molecule has 1 atom stereocenters. The Balaban J connectivity index is 4.40. The zero-order chi connectivity index (χ0) is 17.0. The van der Waals surface area contributed by atoms with Crippen LogP contribution in [0.5, 0.6) is 0 Å². The van der Waals surface area contributed by atoms with Crippen LogP contribution in [0.3, 0.4) is 0 Å². The van der Waals surface area contributed by atoms with E-state index in [0.29, 0.717) is 25.8 Å². The molecule has 0 heterocycles. The first kappa shape index (κ1) is 21.0. The van der Waals surface area contributed by atoms with E-state index in [9.17, 15) is 18.0 Å². The van der Waals surface area contributed by atoms with Crippen LogP contribution in [0, 0.1) is 0 Å². The van der Waals surface area contributed by atoms with Crippen LogP contribution in [0.15, 0.2) is 11.6 Å². The number of carbonyl (C=O) groups excluding carboxylic acids is 1. The predicted octanol–water partition coefficient (Wildman–Crippen LogP) is 4.51. The van der Waals surface area contributed by atoms with Gasteiger partial charge in [-0.25, -0.2) is 4.79 Å². The normalized spacial score (nSPS) is 14.0. The molecule has 22 heavy (non-hydrogen) atoms. The number of hydrogen-bond donors (Lipinski definition) is 1. The molecule has 0 fully saturated rings. The van der Waals surface area contributed by atoms with Crippen molar-refractivity contribution in [2.24, 2.45) is 5.73 Å². The van der Waals surface area contributed by atoms with E-state index in [1.807, 2.05) is 6.92 Å². The summed E-state index contributed by atoms with van der Waals surface area (Å²) in [5, 5.41) is 0. The molecule has 0 radical (unpaired) electrons. The summed E-state index contributed by atoms with van der Waals surface area (Å²) >= 11 is 0. The fraction of sp³-hybridized carbons (Fsp3) is 0.812. The van der Waals surface area contributed by atoms with E-state index >= 15 is 0 Å². The van der Waals surface area contributed by atoms with Gasteiger partial charge in [0.2, 0.25) is 0 Å². The van der Waals surface area contributed by atoms with Gasteiger partial charge in [-0.1, -0.05) is 38.7 Å². The monoisotopic (exact) mass is 323 g/mol. The molecule has 0 aliphatic heterocycles. The summed E-state index contributed by atoms with van der Waals surface area (Å²) < 4.78 is 43.4. The fourth-order valence-electron chi connectivity index (χ4n) is 1.96. The number of alkyl halides is 3. The molecule has 0 aliphatic rings. The van der Waals surface area contributed by atoms with Gasteiger partial charge in [0.05, 0.1) is 0 Å². The lowest BCUT2D eigenvalue weighted by atomic mass is 10.1. The van der Waals surface area contributed by atoms with Crippen LogP contribution in [0.4, 0.5) is 13.2 Å².